The molecule has 6 nitrogen and oxygen atoms in total. The molecule has 1 atom stereocenters. The van der Waals surface area contributed by atoms with Crippen molar-refractivity contribution >= 4 is 28.1 Å². The van der Waals surface area contributed by atoms with Crippen LogP contribution >= 0.6 is 0 Å². The van der Waals surface area contributed by atoms with Gasteiger partial charge < -0.3 is 21.7 Å². The molecule has 0 aliphatic carbocycles. The van der Waals surface area contributed by atoms with E-state index in [1.54, 1.807) is 0 Å². The molecule has 1 aliphatic rings. The number of hydrogen-bond donors (Lipinski definition) is 3. The topological polar surface area (TPSA) is 93.1 Å². The van der Waals surface area contributed by atoms with E-state index < -0.39 is 11.7 Å². The molecule has 1 fully saturated rings. The van der Waals surface area contributed by atoms with Crippen molar-refractivity contribution in [1.82, 2.24) is 15.3 Å². The van der Waals surface area contributed by atoms with Gasteiger partial charge in [0.15, 0.2) is 5.82 Å². The van der Waals surface area contributed by atoms with E-state index in [1.165, 1.54) is 0 Å². The van der Waals surface area contributed by atoms with E-state index in [1.807, 2.05) is 25.1 Å². The summed E-state index contributed by atoms with van der Waals surface area (Å²) in [5, 5.41) is 4.38. The Bertz CT molecular complexity index is 1110. The molecule has 1 aliphatic heterocycles. The van der Waals surface area contributed by atoms with Gasteiger partial charge in [-0.05, 0) is 43.7 Å². The van der Waals surface area contributed by atoms with Crippen molar-refractivity contribution in [1.29, 1.82) is 0 Å². The third-order valence-electron chi connectivity index (χ3n) is 5.64. The summed E-state index contributed by atoms with van der Waals surface area (Å²) >= 11 is 0. The second kappa shape index (κ2) is 7.88. The summed E-state index contributed by atoms with van der Waals surface area (Å²) in [5.41, 5.74) is 12.9. The number of alkyl halides is 3. The van der Waals surface area contributed by atoms with Crippen LogP contribution < -0.4 is 21.7 Å². The normalized spacial score (nSPS) is 16.9. The number of fused-ring (bicyclic) bond motifs is 1. The van der Waals surface area contributed by atoms with Gasteiger partial charge in [0.05, 0.1) is 16.6 Å². The number of halogens is 3. The number of nitrogens with one attached hydrogen (secondary N) is 1. The average molecular weight is 430 g/mol. The quantitative estimate of drug-likeness (QED) is 0.542. The van der Waals surface area contributed by atoms with Gasteiger partial charge >= 0.3 is 6.18 Å². The first-order valence-electron chi connectivity index (χ1n) is 10.2. The highest BCUT2D eigenvalue weighted by molar-refractivity contribution is 5.95. The molecule has 1 unspecified atom stereocenters. The smallest absolute Gasteiger partial charge is 0.398 e. The van der Waals surface area contributed by atoms with Crippen molar-refractivity contribution in [2.24, 2.45) is 0 Å². The number of likely N-dealkylation sites (N-methyl/N-ethyl adjacent to an activating group) is 1. The number of nitrogens with zero attached hydrogens (tertiary/aromatic N) is 3. The SMILES string of the molecule is CCNC1CCN(c2nc(-c3c(N)cc(C(F)(F)F)cc3N)nc3cccc(C)c23)C1. The number of anilines is 3. The minimum absolute atomic E-state index is 0.0998. The predicted molar refractivity (Wildman–Crippen MR) is 118 cm³/mol. The van der Waals surface area contributed by atoms with Gasteiger partial charge in [-0.3, -0.25) is 0 Å². The zero-order valence-electron chi connectivity index (χ0n) is 17.4. The lowest BCUT2D eigenvalue weighted by Crippen LogP contribution is -2.32. The minimum Gasteiger partial charge on any atom is -0.398 e. The van der Waals surface area contributed by atoms with Crippen LogP contribution in [0.2, 0.25) is 0 Å². The molecule has 1 saturated heterocycles. The highest BCUT2D eigenvalue weighted by Crippen LogP contribution is 2.39. The van der Waals surface area contributed by atoms with Gasteiger partial charge in [-0.15, -0.1) is 0 Å². The first-order chi connectivity index (χ1) is 14.7. The number of aromatic nitrogens is 2. The molecule has 0 bridgehead atoms. The zero-order chi connectivity index (χ0) is 22.3. The molecule has 0 saturated carbocycles. The Labute approximate surface area is 178 Å². The van der Waals surface area contributed by atoms with Crippen LogP contribution in [0.4, 0.5) is 30.4 Å². The first-order valence-corrected chi connectivity index (χ1v) is 10.2. The van der Waals surface area contributed by atoms with Gasteiger partial charge in [0.1, 0.15) is 5.82 Å². The number of nitrogens with two attached hydrogens (primary N) is 2. The number of benzene rings is 2. The third kappa shape index (κ3) is 3.97. The molecule has 2 aromatic carbocycles. The van der Waals surface area contributed by atoms with Gasteiger partial charge in [0.2, 0.25) is 0 Å². The second-order valence-corrected chi connectivity index (χ2v) is 7.86. The Morgan fingerprint density at radius 1 is 1.16 bits per heavy atom. The van der Waals surface area contributed by atoms with Crippen LogP contribution in [-0.2, 0) is 6.18 Å². The lowest BCUT2D eigenvalue weighted by molar-refractivity contribution is -0.137. The van der Waals surface area contributed by atoms with Crippen molar-refractivity contribution in [3.63, 3.8) is 0 Å². The molecule has 1 aromatic heterocycles. The molecule has 3 aromatic rings. The monoisotopic (exact) mass is 430 g/mol. The molecule has 9 heteroatoms. The maximum Gasteiger partial charge on any atom is 0.416 e. The van der Waals surface area contributed by atoms with Crippen molar-refractivity contribution in [2.75, 3.05) is 36.0 Å². The van der Waals surface area contributed by atoms with Gasteiger partial charge in [-0.2, -0.15) is 13.2 Å². The van der Waals surface area contributed by atoms with Crippen LogP contribution in [0.1, 0.15) is 24.5 Å². The molecule has 5 N–H and O–H groups in total. The van der Waals surface area contributed by atoms with Crippen LogP contribution in [0.25, 0.3) is 22.3 Å². The van der Waals surface area contributed by atoms with Crippen molar-refractivity contribution in [2.45, 2.75) is 32.5 Å². The Morgan fingerprint density at radius 2 is 1.87 bits per heavy atom. The highest BCUT2D eigenvalue weighted by Gasteiger charge is 2.32. The molecule has 0 amide bonds. The fourth-order valence-corrected chi connectivity index (χ4v) is 4.19. The third-order valence-corrected chi connectivity index (χ3v) is 5.64. The number of aryl methyl sites for hydroxylation is 1. The van der Waals surface area contributed by atoms with E-state index in [0.29, 0.717) is 11.6 Å². The summed E-state index contributed by atoms with van der Waals surface area (Å²) in [6.45, 7) is 6.54. The maximum absolute atomic E-state index is 13.1. The van der Waals surface area contributed by atoms with Crippen LogP contribution in [0, 0.1) is 6.92 Å². The Hall–Kier alpha value is -3.07. The molecule has 31 heavy (non-hydrogen) atoms. The summed E-state index contributed by atoms with van der Waals surface area (Å²) in [6, 6.07) is 7.86. The van der Waals surface area contributed by atoms with Gasteiger partial charge in [-0.1, -0.05) is 19.1 Å². The van der Waals surface area contributed by atoms with E-state index in [2.05, 4.69) is 22.1 Å². The van der Waals surface area contributed by atoms with Crippen LogP contribution in [0.15, 0.2) is 30.3 Å². The van der Waals surface area contributed by atoms with Crippen molar-refractivity contribution in [3.05, 3.63) is 41.5 Å². The van der Waals surface area contributed by atoms with E-state index >= 15 is 0 Å². The Morgan fingerprint density at radius 3 is 2.52 bits per heavy atom. The first kappa shape index (κ1) is 21.2. The predicted octanol–water partition coefficient (Wildman–Crippen LogP) is 3.98. The van der Waals surface area contributed by atoms with E-state index in [4.69, 9.17) is 16.5 Å². The van der Waals surface area contributed by atoms with Crippen molar-refractivity contribution < 1.29 is 13.2 Å². The van der Waals surface area contributed by atoms with Gasteiger partial charge in [0, 0.05) is 35.9 Å². The lowest BCUT2D eigenvalue weighted by atomic mass is 10.0. The van der Waals surface area contributed by atoms with Crippen LogP contribution in [-0.4, -0.2) is 35.6 Å². The van der Waals surface area contributed by atoms with E-state index in [0.717, 1.165) is 55.0 Å². The van der Waals surface area contributed by atoms with Gasteiger partial charge in [-0.25, -0.2) is 9.97 Å². The number of rotatable bonds is 4. The van der Waals surface area contributed by atoms with Crippen LogP contribution in [0.5, 0.6) is 0 Å². The van der Waals surface area contributed by atoms with Gasteiger partial charge in [0.25, 0.3) is 0 Å². The summed E-state index contributed by atoms with van der Waals surface area (Å²) in [5.74, 6) is 0.973. The zero-order valence-corrected chi connectivity index (χ0v) is 17.4. The molecule has 0 spiro atoms. The molecule has 0 radical (unpaired) electrons. The van der Waals surface area contributed by atoms with E-state index in [9.17, 15) is 13.2 Å². The summed E-state index contributed by atoms with van der Waals surface area (Å²) < 4.78 is 39.4. The summed E-state index contributed by atoms with van der Waals surface area (Å²) in [6.07, 6.45) is -3.56. The number of nitrogen functional groups attached to an aromatic ring is 2. The maximum atomic E-state index is 13.1. The summed E-state index contributed by atoms with van der Waals surface area (Å²) in [4.78, 5) is 11.6. The highest BCUT2D eigenvalue weighted by atomic mass is 19.4. The van der Waals surface area contributed by atoms with E-state index in [-0.39, 0.29) is 22.8 Å². The molecule has 2 heterocycles. The molecule has 164 valence electrons. The number of hydrogen-bond acceptors (Lipinski definition) is 6. The minimum atomic E-state index is -4.54. The fourth-order valence-electron chi connectivity index (χ4n) is 4.19. The Kier molecular flexibility index (Phi) is 5.38. The molecular formula is C22H25F3N6. The van der Waals surface area contributed by atoms with Crippen LogP contribution in [0.3, 0.4) is 0 Å². The van der Waals surface area contributed by atoms with Crippen molar-refractivity contribution in [3.8, 4) is 11.4 Å². The standard InChI is InChI=1S/C22H25F3N6/c1-3-28-14-7-8-31(11-14)21-18-12(2)5-4-6-17(18)29-20(30-21)19-15(26)9-13(10-16(19)27)22(23,24)25/h4-6,9-10,14,28H,3,7-8,11,26-27H2,1-2H3. The Balaban J connectivity index is 1.88. The largest absolute Gasteiger partial charge is 0.416 e. The second-order valence-electron chi connectivity index (χ2n) is 7.86. The lowest BCUT2D eigenvalue weighted by Gasteiger charge is -2.22. The summed E-state index contributed by atoms with van der Waals surface area (Å²) in [7, 11) is 0. The molecule has 4 rings (SSSR count). The average Bonchev–Trinajstić information content (AvgIpc) is 3.15. The fraction of sp³-hybridized carbons (Fsp3) is 0.364. The molecular weight excluding hydrogens is 405 g/mol.